The number of halogens is 4. The van der Waals surface area contributed by atoms with Crippen molar-refractivity contribution in [2.75, 3.05) is 0 Å². The molecule has 2 rings (SSSR count). The number of hydrogen-bond acceptors (Lipinski definition) is 3. The molecular weight excluding hydrogens is 389 g/mol. The first-order valence-electron chi connectivity index (χ1n) is 6.71. The van der Waals surface area contributed by atoms with E-state index in [0.717, 1.165) is 24.3 Å². The predicted octanol–water partition coefficient (Wildman–Crippen LogP) is 3.89. The maximum Gasteiger partial charge on any atom is 0.416 e. The summed E-state index contributed by atoms with van der Waals surface area (Å²) in [5, 5.41) is 0. The summed E-state index contributed by atoms with van der Waals surface area (Å²) in [4.78, 5) is 35.5. The van der Waals surface area contributed by atoms with Gasteiger partial charge in [-0.2, -0.15) is 13.2 Å². The largest absolute Gasteiger partial charge is 0.416 e. The van der Waals surface area contributed by atoms with Crippen LogP contribution >= 0.6 is 15.9 Å². The minimum atomic E-state index is -4.44. The molecule has 0 aromatic heterocycles. The molecule has 3 nitrogen and oxygen atoms in total. The second-order valence-corrected chi connectivity index (χ2v) is 5.86. The molecule has 1 aromatic carbocycles. The van der Waals surface area contributed by atoms with E-state index in [1.807, 2.05) is 0 Å². The van der Waals surface area contributed by atoms with Crippen molar-refractivity contribution in [3.63, 3.8) is 0 Å². The summed E-state index contributed by atoms with van der Waals surface area (Å²) in [7, 11) is 0. The van der Waals surface area contributed by atoms with Crippen LogP contribution in [-0.4, -0.2) is 17.3 Å². The molecule has 124 valence electrons. The Bertz CT molecular complexity index is 771. The number of ketones is 3. The number of carbonyl (C=O) groups excluding carboxylic acids is 3. The van der Waals surface area contributed by atoms with Crippen LogP contribution in [0.1, 0.15) is 11.1 Å². The summed E-state index contributed by atoms with van der Waals surface area (Å²) < 4.78 is 37.8. The van der Waals surface area contributed by atoms with Crippen LogP contribution in [0.2, 0.25) is 0 Å². The van der Waals surface area contributed by atoms with Gasteiger partial charge in [-0.15, -0.1) is 0 Å². The molecule has 0 spiro atoms. The predicted molar refractivity (Wildman–Crippen MR) is 85.1 cm³/mol. The fraction of sp³-hybridized carbons (Fsp3) is 0.118. The molecule has 1 aliphatic carbocycles. The van der Waals surface area contributed by atoms with Gasteiger partial charge in [0.05, 0.1) is 5.56 Å². The Morgan fingerprint density at radius 1 is 1.08 bits per heavy atom. The molecule has 1 unspecified atom stereocenters. The minimum absolute atomic E-state index is 0.366. The molecule has 0 heterocycles. The molecule has 1 aliphatic rings. The topological polar surface area (TPSA) is 51.2 Å². The van der Waals surface area contributed by atoms with Crippen molar-refractivity contribution in [2.24, 2.45) is 5.92 Å². The highest BCUT2D eigenvalue weighted by atomic mass is 79.9. The van der Waals surface area contributed by atoms with Gasteiger partial charge < -0.3 is 0 Å². The van der Waals surface area contributed by atoms with E-state index in [-0.39, 0.29) is 0 Å². The van der Waals surface area contributed by atoms with Gasteiger partial charge in [0.2, 0.25) is 11.6 Å². The fourth-order valence-corrected chi connectivity index (χ4v) is 2.35. The minimum Gasteiger partial charge on any atom is -0.294 e. The van der Waals surface area contributed by atoms with Gasteiger partial charge in [-0.25, -0.2) is 0 Å². The van der Waals surface area contributed by atoms with E-state index in [1.165, 1.54) is 30.4 Å². The number of allylic oxidation sites excluding steroid dienone is 5. The highest BCUT2D eigenvalue weighted by Gasteiger charge is 2.30. The zero-order valence-electron chi connectivity index (χ0n) is 12.0. The van der Waals surface area contributed by atoms with Crippen molar-refractivity contribution in [2.45, 2.75) is 6.18 Å². The standard InChI is InChI=1S/C17H10BrF3O3/c18-12-6-8-15(23)16(24)13(9-12)14(22)7-3-10-1-4-11(5-2-10)17(19,20)21/h1-9,13H/b7-3+. The van der Waals surface area contributed by atoms with E-state index >= 15 is 0 Å². The molecule has 0 amide bonds. The number of Topliss-reactive ketones (excluding diaryl/α,β-unsaturated/α-hetero) is 1. The SMILES string of the molecule is O=C1C=CC(Br)=CC(C(=O)/C=C/c2ccc(C(F)(F)F)cc2)C1=O. The molecule has 0 aliphatic heterocycles. The molecule has 7 heteroatoms. The van der Waals surface area contributed by atoms with Crippen molar-refractivity contribution >= 4 is 39.4 Å². The van der Waals surface area contributed by atoms with Gasteiger partial charge in [0.25, 0.3) is 0 Å². The number of rotatable bonds is 3. The Morgan fingerprint density at radius 3 is 2.29 bits per heavy atom. The van der Waals surface area contributed by atoms with Crippen molar-refractivity contribution in [1.29, 1.82) is 0 Å². The summed E-state index contributed by atoms with van der Waals surface area (Å²) in [6.45, 7) is 0. The monoisotopic (exact) mass is 398 g/mol. The first-order chi connectivity index (χ1) is 11.2. The molecule has 1 atom stereocenters. The van der Waals surface area contributed by atoms with Crippen LogP contribution in [0.5, 0.6) is 0 Å². The van der Waals surface area contributed by atoms with Gasteiger partial charge in [-0.3, -0.25) is 14.4 Å². The molecule has 0 bridgehead atoms. The van der Waals surface area contributed by atoms with Crippen molar-refractivity contribution < 1.29 is 27.6 Å². The van der Waals surface area contributed by atoms with Gasteiger partial charge in [0.1, 0.15) is 5.92 Å². The Labute approximate surface area is 143 Å². The van der Waals surface area contributed by atoms with Crippen LogP contribution in [0, 0.1) is 5.92 Å². The average Bonchev–Trinajstić information content (AvgIpc) is 2.65. The van der Waals surface area contributed by atoms with E-state index in [0.29, 0.717) is 10.0 Å². The van der Waals surface area contributed by atoms with E-state index in [4.69, 9.17) is 0 Å². The first kappa shape index (κ1) is 18.1. The summed E-state index contributed by atoms with van der Waals surface area (Å²) in [6.07, 6.45) is 1.67. The normalized spacial score (nSPS) is 18.7. The van der Waals surface area contributed by atoms with Crippen LogP contribution in [0.25, 0.3) is 6.08 Å². The summed E-state index contributed by atoms with van der Waals surface area (Å²) in [5.74, 6) is -3.54. The van der Waals surface area contributed by atoms with Crippen LogP contribution < -0.4 is 0 Å². The summed E-state index contributed by atoms with van der Waals surface area (Å²) in [6, 6.07) is 4.20. The van der Waals surface area contributed by atoms with Crippen LogP contribution in [0.4, 0.5) is 13.2 Å². The Balaban J connectivity index is 2.17. The van der Waals surface area contributed by atoms with E-state index in [1.54, 1.807) is 0 Å². The molecule has 0 radical (unpaired) electrons. The van der Waals surface area contributed by atoms with Crippen LogP contribution in [0.3, 0.4) is 0 Å². The molecule has 0 N–H and O–H groups in total. The molecular formula is C17H10BrF3O3. The third-order valence-electron chi connectivity index (χ3n) is 3.23. The number of hydrogen-bond donors (Lipinski definition) is 0. The fourth-order valence-electron chi connectivity index (χ4n) is 1.96. The van der Waals surface area contributed by atoms with Gasteiger partial charge >= 0.3 is 6.18 Å². The van der Waals surface area contributed by atoms with Crippen LogP contribution in [-0.2, 0) is 20.6 Å². The summed E-state index contributed by atoms with van der Waals surface area (Å²) >= 11 is 3.11. The average molecular weight is 399 g/mol. The number of benzene rings is 1. The Hall–Kier alpha value is -2.28. The van der Waals surface area contributed by atoms with Crippen molar-refractivity contribution in [1.82, 2.24) is 0 Å². The van der Waals surface area contributed by atoms with Crippen LogP contribution in [0.15, 0.2) is 53.1 Å². The lowest BCUT2D eigenvalue weighted by atomic mass is 9.96. The van der Waals surface area contributed by atoms with Gasteiger partial charge in [0, 0.05) is 4.48 Å². The quantitative estimate of drug-likeness (QED) is 0.440. The Kier molecular flexibility index (Phi) is 5.33. The lowest BCUT2D eigenvalue weighted by molar-refractivity contribution is -0.138. The highest BCUT2D eigenvalue weighted by Crippen LogP contribution is 2.29. The third-order valence-corrected chi connectivity index (χ3v) is 3.76. The maximum atomic E-state index is 12.5. The molecule has 0 saturated carbocycles. The third kappa shape index (κ3) is 4.38. The Morgan fingerprint density at radius 2 is 1.71 bits per heavy atom. The van der Waals surface area contributed by atoms with Gasteiger partial charge in [0.15, 0.2) is 5.78 Å². The van der Waals surface area contributed by atoms with Crippen molar-refractivity contribution in [3.8, 4) is 0 Å². The lowest BCUT2D eigenvalue weighted by Crippen LogP contribution is -2.26. The molecule has 1 aromatic rings. The zero-order valence-corrected chi connectivity index (χ0v) is 13.6. The number of alkyl halides is 3. The van der Waals surface area contributed by atoms with E-state index in [2.05, 4.69) is 15.9 Å². The molecule has 0 fully saturated rings. The first-order valence-corrected chi connectivity index (χ1v) is 7.50. The number of carbonyl (C=O) groups is 3. The maximum absolute atomic E-state index is 12.5. The molecule has 24 heavy (non-hydrogen) atoms. The van der Waals surface area contributed by atoms with Crippen molar-refractivity contribution in [3.05, 3.63) is 64.2 Å². The second-order valence-electron chi connectivity index (χ2n) is 4.95. The second kappa shape index (κ2) is 7.09. The van der Waals surface area contributed by atoms with Gasteiger partial charge in [-0.1, -0.05) is 40.2 Å². The highest BCUT2D eigenvalue weighted by molar-refractivity contribution is 9.11. The molecule has 0 saturated heterocycles. The lowest BCUT2D eigenvalue weighted by Gasteiger charge is -2.06. The summed E-state index contributed by atoms with van der Waals surface area (Å²) in [5.41, 5.74) is -0.432. The smallest absolute Gasteiger partial charge is 0.294 e. The van der Waals surface area contributed by atoms with Gasteiger partial charge in [-0.05, 0) is 35.9 Å². The zero-order chi connectivity index (χ0) is 17.9. The van der Waals surface area contributed by atoms with E-state index < -0.39 is 35.0 Å². The van der Waals surface area contributed by atoms with E-state index in [9.17, 15) is 27.6 Å².